The third kappa shape index (κ3) is 4.17. The number of hydrogen-bond donors (Lipinski definition) is 1. The topological polar surface area (TPSA) is 24.5 Å². The summed E-state index contributed by atoms with van der Waals surface area (Å²) in [4.78, 5) is 2.55. The predicted molar refractivity (Wildman–Crippen MR) is 107 cm³/mol. The molecule has 0 saturated carbocycles. The van der Waals surface area contributed by atoms with E-state index in [4.69, 9.17) is 27.9 Å². The van der Waals surface area contributed by atoms with Crippen molar-refractivity contribution in [3.63, 3.8) is 0 Å². The van der Waals surface area contributed by atoms with Gasteiger partial charge in [-0.05, 0) is 55.1 Å². The Morgan fingerprint density at radius 2 is 1.69 bits per heavy atom. The molecule has 26 heavy (non-hydrogen) atoms. The number of piperidine rings is 3. The molecule has 5 heteroatoms. The molecule has 3 fully saturated rings. The van der Waals surface area contributed by atoms with E-state index in [1.54, 1.807) is 0 Å². The van der Waals surface area contributed by atoms with Crippen molar-refractivity contribution in [3.8, 4) is 5.75 Å². The minimum absolute atomic E-state index is 0.456. The third-order valence-corrected chi connectivity index (χ3v) is 6.07. The summed E-state index contributed by atoms with van der Waals surface area (Å²) in [7, 11) is 0. The summed E-state index contributed by atoms with van der Waals surface area (Å²) in [5.41, 5.74) is 2.19. The van der Waals surface area contributed by atoms with Gasteiger partial charge in [0.25, 0.3) is 0 Å². The molecular formula is C21H24Cl2N2O. The summed E-state index contributed by atoms with van der Waals surface area (Å²) in [6.45, 7) is 4.91. The van der Waals surface area contributed by atoms with Gasteiger partial charge >= 0.3 is 0 Å². The van der Waals surface area contributed by atoms with Gasteiger partial charge in [0.1, 0.15) is 6.61 Å². The molecule has 5 rings (SSSR count). The monoisotopic (exact) mass is 390 g/mol. The van der Waals surface area contributed by atoms with Gasteiger partial charge in [0.2, 0.25) is 0 Å². The van der Waals surface area contributed by atoms with Gasteiger partial charge in [-0.3, -0.25) is 0 Å². The summed E-state index contributed by atoms with van der Waals surface area (Å²) >= 11 is 12.9. The van der Waals surface area contributed by atoms with Crippen LogP contribution in [0.3, 0.4) is 0 Å². The van der Waals surface area contributed by atoms with Gasteiger partial charge < -0.3 is 15.0 Å². The molecule has 0 aliphatic carbocycles. The van der Waals surface area contributed by atoms with Gasteiger partial charge in [0.05, 0.1) is 10.0 Å². The van der Waals surface area contributed by atoms with Crippen molar-refractivity contribution < 1.29 is 4.74 Å². The van der Waals surface area contributed by atoms with Gasteiger partial charge in [-0.15, -0.1) is 0 Å². The third-order valence-electron chi connectivity index (χ3n) is 5.51. The van der Waals surface area contributed by atoms with E-state index >= 15 is 0 Å². The van der Waals surface area contributed by atoms with Gasteiger partial charge in [-0.2, -0.15) is 0 Å². The standard InChI is InChI=1S/C21H24Cl2N2O/c22-18-10-16(12-24-20-13-25-8-6-17(20)7-9-25)11-19(23)21(18)26-14-15-4-2-1-3-5-15/h1-5,10-11,17,20,24H,6-9,12-14H2. The predicted octanol–water partition coefficient (Wildman–Crippen LogP) is 4.76. The van der Waals surface area contributed by atoms with Crippen LogP contribution < -0.4 is 10.1 Å². The first-order chi connectivity index (χ1) is 12.7. The maximum Gasteiger partial charge on any atom is 0.156 e. The van der Waals surface area contributed by atoms with Crippen LogP contribution in [0.4, 0.5) is 0 Å². The van der Waals surface area contributed by atoms with Crippen molar-refractivity contribution >= 4 is 23.2 Å². The smallest absolute Gasteiger partial charge is 0.156 e. The number of halogens is 2. The highest BCUT2D eigenvalue weighted by atomic mass is 35.5. The molecule has 1 atom stereocenters. The number of nitrogens with one attached hydrogen (secondary N) is 1. The van der Waals surface area contributed by atoms with E-state index in [9.17, 15) is 0 Å². The Balaban J connectivity index is 1.37. The van der Waals surface area contributed by atoms with Crippen LogP contribution in [-0.4, -0.2) is 30.6 Å². The highest BCUT2D eigenvalue weighted by Crippen LogP contribution is 2.35. The Morgan fingerprint density at radius 3 is 2.31 bits per heavy atom. The minimum atomic E-state index is 0.456. The zero-order chi connectivity index (χ0) is 17.9. The fourth-order valence-corrected chi connectivity index (χ4v) is 4.67. The summed E-state index contributed by atoms with van der Waals surface area (Å²) in [5, 5.41) is 4.84. The first-order valence-corrected chi connectivity index (χ1v) is 10.0. The van der Waals surface area contributed by atoms with E-state index in [2.05, 4.69) is 10.2 Å². The van der Waals surface area contributed by atoms with Crippen molar-refractivity contribution in [3.05, 3.63) is 63.6 Å². The molecule has 0 radical (unpaired) electrons. The number of nitrogens with zero attached hydrogens (tertiary/aromatic N) is 1. The quantitative estimate of drug-likeness (QED) is 0.769. The van der Waals surface area contributed by atoms with Crippen molar-refractivity contribution in [1.29, 1.82) is 0 Å². The molecule has 3 aliphatic rings. The zero-order valence-corrected chi connectivity index (χ0v) is 16.3. The first kappa shape index (κ1) is 18.1. The highest BCUT2D eigenvalue weighted by Gasteiger charge is 2.33. The van der Waals surface area contributed by atoms with Crippen LogP contribution in [0.1, 0.15) is 24.0 Å². The molecule has 3 aliphatic heterocycles. The number of benzene rings is 2. The molecular weight excluding hydrogens is 367 g/mol. The number of fused-ring (bicyclic) bond motifs is 3. The lowest BCUT2D eigenvalue weighted by molar-refractivity contribution is 0.0720. The Morgan fingerprint density at radius 1 is 1.00 bits per heavy atom. The van der Waals surface area contributed by atoms with E-state index in [0.717, 1.165) is 30.1 Å². The molecule has 3 nitrogen and oxygen atoms in total. The summed E-state index contributed by atoms with van der Waals surface area (Å²) < 4.78 is 5.85. The average Bonchev–Trinajstić information content (AvgIpc) is 2.67. The lowest BCUT2D eigenvalue weighted by atomic mass is 9.84. The first-order valence-electron chi connectivity index (χ1n) is 9.29. The number of ether oxygens (including phenoxy) is 1. The van der Waals surface area contributed by atoms with E-state index in [1.807, 2.05) is 42.5 Å². The molecule has 0 amide bonds. The van der Waals surface area contributed by atoms with Gasteiger partial charge in [0.15, 0.2) is 5.75 Å². The lowest BCUT2D eigenvalue weighted by Crippen LogP contribution is -2.55. The second-order valence-electron chi connectivity index (χ2n) is 7.29. The van der Waals surface area contributed by atoms with Crippen molar-refractivity contribution in [2.45, 2.75) is 32.0 Å². The second-order valence-corrected chi connectivity index (χ2v) is 8.10. The number of rotatable bonds is 6. The fourth-order valence-electron chi connectivity index (χ4n) is 4.03. The largest absolute Gasteiger partial charge is 0.486 e. The molecule has 1 unspecified atom stereocenters. The molecule has 0 aromatic heterocycles. The maximum absolute atomic E-state index is 6.44. The van der Waals surface area contributed by atoms with Crippen LogP contribution in [0.25, 0.3) is 0 Å². The highest BCUT2D eigenvalue weighted by molar-refractivity contribution is 6.37. The SMILES string of the molecule is Clc1cc(CNC2CN3CCC2CC3)cc(Cl)c1OCc1ccccc1. The molecule has 2 aromatic rings. The average molecular weight is 391 g/mol. The molecule has 138 valence electrons. The Kier molecular flexibility index (Phi) is 5.70. The van der Waals surface area contributed by atoms with E-state index in [0.29, 0.717) is 28.4 Å². The lowest BCUT2D eigenvalue weighted by Gasteiger charge is -2.45. The zero-order valence-electron chi connectivity index (χ0n) is 14.8. The molecule has 3 saturated heterocycles. The van der Waals surface area contributed by atoms with E-state index in [-0.39, 0.29) is 0 Å². The Bertz CT molecular complexity index is 722. The van der Waals surface area contributed by atoms with Crippen LogP contribution in [-0.2, 0) is 13.2 Å². The van der Waals surface area contributed by atoms with Crippen molar-refractivity contribution in [2.24, 2.45) is 5.92 Å². The Labute approximate surface area is 165 Å². The van der Waals surface area contributed by atoms with Gasteiger partial charge in [-0.25, -0.2) is 0 Å². The fraction of sp³-hybridized carbons (Fsp3) is 0.429. The van der Waals surface area contributed by atoms with Crippen LogP contribution >= 0.6 is 23.2 Å². The molecule has 2 aromatic carbocycles. The molecule has 1 N–H and O–H groups in total. The number of hydrogen-bond acceptors (Lipinski definition) is 3. The maximum atomic E-state index is 6.44. The molecule has 0 spiro atoms. The summed E-state index contributed by atoms with van der Waals surface area (Å²) in [6, 6.07) is 14.5. The normalized spacial score (nSPS) is 24.6. The van der Waals surface area contributed by atoms with Crippen LogP contribution in [0, 0.1) is 5.92 Å². The Hall–Kier alpha value is -1.26. The van der Waals surface area contributed by atoms with Gasteiger partial charge in [-0.1, -0.05) is 53.5 Å². The van der Waals surface area contributed by atoms with Crippen LogP contribution in [0.15, 0.2) is 42.5 Å². The molecule has 2 bridgehead atoms. The van der Waals surface area contributed by atoms with E-state index in [1.165, 1.54) is 25.9 Å². The van der Waals surface area contributed by atoms with E-state index < -0.39 is 0 Å². The summed E-state index contributed by atoms with van der Waals surface area (Å²) in [6.07, 6.45) is 2.62. The van der Waals surface area contributed by atoms with Gasteiger partial charge in [0, 0.05) is 19.1 Å². The van der Waals surface area contributed by atoms with Crippen molar-refractivity contribution in [1.82, 2.24) is 10.2 Å². The van der Waals surface area contributed by atoms with Crippen molar-refractivity contribution in [2.75, 3.05) is 19.6 Å². The summed E-state index contributed by atoms with van der Waals surface area (Å²) in [5.74, 6) is 1.36. The van der Waals surface area contributed by atoms with Crippen LogP contribution in [0.5, 0.6) is 5.75 Å². The second kappa shape index (κ2) is 8.18. The minimum Gasteiger partial charge on any atom is -0.486 e. The van der Waals surface area contributed by atoms with Crippen LogP contribution in [0.2, 0.25) is 10.0 Å². The molecule has 3 heterocycles.